The van der Waals surface area contributed by atoms with Crippen molar-refractivity contribution >= 4 is 11.8 Å². The summed E-state index contributed by atoms with van der Waals surface area (Å²) < 4.78 is 5.16. The van der Waals surface area contributed by atoms with Gasteiger partial charge in [-0.05, 0) is 19.5 Å². The van der Waals surface area contributed by atoms with Crippen LogP contribution in [-0.4, -0.2) is 30.1 Å². The van der Waals surface area contributed by atoms with Crippen molar-refractivity contribution in [1.29, 1.82) is 0 Å². The molecular weight excluding hydrogens is 198 g/mol. The molecule has 0 radical (unpaired) electrons. The van der Waals surface area contributed by atoms with Crippen molar-refractivity contribution in [1.82, 2.24) is 5.32 Å². The number of furan rings is 1. The second-order valence-electron chi connectivity index (χ2n) is 3.11. The summed E-state index contributed by atoms with van der Waals surface area (Å²) >= 11 is 1.63. The van der Waals surface area contributed by atoms with E-state index >= 15 is 0 Å². The maximum Gasteiger partial charge on any atom is 0.114 e. The largest absolute Gasteiger partial charge is 0.468 e. The lowest BCUT2D eigenvalue weighted by Gasteiger charge is -2.09. The zero-order valence-corrected chi connectivity index (χ0v) is 9.43. The maximum absolute atomic E-state index is 9.56. The van der Waals surface area contributed by atoms with Gasteiger partial charge in [-0.1, -0.05) is 6.92 Å². The van der Waals surface area contributed by atoms with Crippen LogP contribution in [0.1, 0.15) is 12.7 Å². The molecule has 1 heterocycles. The summed E-state index contributed by atoms with van der Waals surface area (Å²) in [5.41, 5.74) is 0. The number of aliphatic hydroxyl groups is 1. The Balaban J connectivity index is 2.23. The Hall–Kier alpha value is -0.450. The molecule has 1 aromatic rings. The number of hydrogen-bond donors (Lipinski definition) is 2. The highest BCUT2D eigenvalue weighted by Crippen LogP contribution is 2.23. The SMILES string of the molecule is CCNCC(O)CSc1ccoc1C. The van der Waals surface area contributed by atoms with Crippen LogP contribution in [0.15, 0.2) is 21.6 Å². The van der Waals surface area contributed by atoms with Gasteiger partial charge in [0.25, 0.3) is 0 Å². The van der Waals surface area contributed by atoms with E-state index in [1.165, 1.54) is 0 Å². The van der Waals surface area contributed by atoms with E-state index < -0.39 is 0 Å². The molecule has 0 amide bonds. The zero-order chi connectivity index (χ0) is 10.4. The van der Waals surface area contributed by atoms with E-state index in [9.17, 15) is 5.11 Å². The first-order chi connectivity index (χ1) is 6.74. The molecular formula is C10H17NO2S. The highest BCUT2D eigenvalue weighted by atomic mass is 32.2. The van der Waals surface area contributed by atoms with E-state index in [-0.39, 0.29) is 6.10 Å². The molecule has 14 heavy (non-hydrogen) atoms. The van der Waals surface area contributed by atoms with E-state index in [1.807, 2.05) is 19.9 Å². The summed E-state index contributed by atoms with van der Waals surface area (Å²) in [4.78, 5) is 1.11. The molecule has 0 spiro atoms. The molecule has 0 fully saturated rings. The number of thioether (sulfide) groups is 1. The summed E-state index contributed by atoms with van der Waals surface area (Å²) in [5, 5.41) is 12.7. The Kier molecular flexibility index (Phi) is 5.07. The Morgan fingerprint density at radius 1 is 1.64 bits per heavy atom. The van der Waals surface area contributed by atoms with Gasteiger partial charge in [0.1, 0.15) is 5.76 Å². The standard InChI is InChI=1S/C10H17NO2S/c1-3-11-6-9(12)7-14-10-4-5-13-8(10)2/h4-5,9,11-12H,3,6-7H2,1-2H3. The molecule has 0 aliphatic heterocycles. The van der Waals surface area contributed by atoms with E-state index in [2.05, 4.69) is 5.32 Å². The van der Waals surface area contributed by atoms with Gasteiger partial charge in [-0.15, -0.1) is 11.8 Å². The first kappa shape index (κ1) is 11.6. The van der Waals surface area contributed by atoms with Gasteiger partial charge in [-0.2, -0.15) is 0 Å². The maximum atomic E-state index is 9.56. The lowest BCUT2D eigenvalue weighted by molar-refractivity contribution is 0.197. The van der Waals surface area contributed by atoms with Gasteiger partial charge in [-0.3, -0.25) is 0 Å². The molecule has 0 aromatic carbocycles. The number of hydrogen-bond acceptors (Lipinski definition) is 4. The van der Waals surface area contributed by atoms with Crippen LogP contribution in [0.25, 0.3) is 0 Å². The van der Waals surface area contributed by atoms with Crippen molar-refractivity contribution in [2.45, 2.75) is 24.8 Å². The molecule has 80 valence electrons. The predicted molar refractivity (Wildman–Crippen MR) is 58.7 cm³/mol. The minimum Gasteiger partial charge on any atom is -0.468 e. The first-order valence-electron chi connectivity index (χ1n) is 4.79. The summed E-state index contributed by atoms with van der Waals surface area (Å²) in [6, 6.07) is 1.93. The van der Waals surface area contributed by atoms with Gasteiger partial charge in [0.05, 0.1) is 12.4 Å². The molecule has 0 saturated heterocycles. The van der Waals surface area contributed by atoms with Crippen molar-refractivity contribution in [3.8, 4) is 0 Å². The minimum absolute atomic E-state index is 0.297. The van der Waals surface area contributed by atoms with E-state index in [0.717, 1.165) is 17.2 Å². The summed E-state index contributed by atoms with van der Waals surface area (Å²) in [5.74, 6) is 1.62. The van der Waals surface area contributed by atoms with Crippen molar-refractivity contribution in [2.24, 2.45) is 0 Å². The molecule has 0 bridgehead atoms. The molecule has 1 aromatic heterocycles. The van der Waals surface area contributed by atoms with Crippen LogP contribution in [0, 0.1) is 6.92 Å². The lowest BCUT2D eigenvalue weighted by Crippen LogP contribution is -2.28. The van der Waals surface area contributed by atoms with Gasteiger partial charge in [0, 0.05) is 17.2 Å². The number of likely N-dealkylation sites (N-methyl/N-ethyl adjacent to an activating group) is 1. The Morgan fingerprint density at radius 3 is 3.00 bits per heavy atom. The topological polar surface area (TPSA) is 45.4 Å². The molecule has 0 saturated carbocycles. The van der Waals surface area contributed by atoms with E-state index in [4.69, 9.17) is 4.42 Å². The molecule has 4 heteroatoms. The fraction of sp³-hybridized carbons (Fsp3) is 0.600. The van der Waals surface area contributed by atoms with Crippen molar-refractivity contribution in [3.63, 3.8) is 0 Å². The third-order valence-electron chi connectivity index (χ3n) is 1.87. The second-order valence-corrected chi connectivity index (χ2v) is 4.18. The van der Waals surface area contributed by atoms with Gasteiger partial charge < -0.3 is 14.8 Å². The third-order valence-corrected chi connectivity index (χ3v) is 3.16. The average Bonchev–Trinajstić information content (AvgIpc) is 2.58. The minimum atomic E-state index is -0.297. The molecule has 3 nitrogen and oxygen atoms in total. The summed E-state index contributed by atoms with van der Waals surface area (Å²) in [6.07, 6.45) is 1.38. The highest BCUT2D eigenvalue weighted by molar-refractivity contribution is 7.99. The highest BCUT2D eigenvalue weighted by Gasteiger charge is 2.06. The molecule has 1 rings (SSSR count). The second kappa shape index (κ2) is 6.11. The van der Waals surface area contributed by atoms with E-state index in [1.54, 1.807) is 18.0 Å². The van der Waals surface area contributed by atoms with Crippen LogP contribution in [0.5, 0.6) is 0 Å². The van der Waals surface area contributed by atoms with Gasteiger partial charge in [0.2, 0.25) is 0 Å². The van der Waals surface area contributed by atoms with Crippen molar-refractivity contribution in [3.05, 3.63) is 18.1 Å². The van der Waals surface area contributed by atoms with Gasteiger partial charge in [0.15, 0.2) is 0 Å². The van der Waals surface area contributed by atoms with Crippen LogP contribution >= 0.6 is 11.8 Å². The Morgan fingerprint density at radius 2 is 2.43 bits per heavy atom. The average molecular weight is 215 g/mol. The fourth-order valence-electron chi connectivity index (χ4n) is 1.08. The molecule has 1 unspecified atom stereocenters. The normalized spacial score (nSPS) is 13.1. The predicted octanol–water partition coefficient (Wildman–Crippen LogP) is 1.65. The first-order valence-corrected chi connectivity index (χ1v) is 5.78. The Bertz CT molecular complexity index is 262. The fourth-order valence-corrected chi connectivity index (χ4v) is 1.97. The molecule has 0 aliphatic carbocycles. The van der Waals surface area contributed by atoms with Crippen molar-refractivity contribution < 1.29 is 9.52 Å². The molecule has 2 N–H and O–H groups in total. The van der Waals surface area contributed by atoms with Crippen molar-refractivity contribution in [2.75, 3.05) is 18.8 Å². The summed E-state index contributed by atoms with van der Waals surface area (Å²) in [6.45, 7) is 5.51. The van der Waals surface area contributed by atoms with Crippen LogP contribution < -0.4 is 5.32 Å². The van der Waals surface area contributed by atoms with E-state index in [0.29, 0.717) is 12.3 Å². The molecule has 0 aliphatic rings. The molecule has 1 atom stereocenters. The monoisotopic (exact) mass is 215 g/mol. The number of aliphatic hydroxyl groups excluding tert-OH is 1. The number of nitrogens with one attached hydrogen (secondary N) is 1. The van der Waals surface area contributed by atoms with Gasteiger partial charge in [-0.25, -0.2) is 0 Å². The van der Waals surface area contributed by atoms with Crippen LogP contribution in [0.4, 0.5) is 0 Å². The number of rotatable bonds is 6. The zero-order valence-electron chi connectivity index (χ0n) is 8.62. The Labute approximate surface area is 88.9 Å². The van der Waals surface area contributed by atoms with Crippen LogP contribution in [0.2, 0.25) is 0 Å². The number of aryl methyl sites for hydroxylation is 1. The third kappa shape index (κ3) is 3.74. The quantitative estimate of drug-likeness (QED) is 0.708. The van der Waals surface area contributed by atoms with Crippen LogP contribution in [-0.2, 0) is 0 Å². The van der Waals surface area contributed by atoms with Gasteiger partial charge >= 0.3 is 0 Å². The smallest absolute Gasteiger partial charge is 0.114 e. The van der Waals surface area contributed by atoms with Crippen LogP contribution in [0.3, 0.4) is 0 Å². The summed E-state index contributed by atoms with van der Waals surface area (Å²) in [7, 11) is 0. The lowest BCUT2D eigenvalue weighted by atomic mass is 10.4.